The van der Waals surface area contributed by atoms with Crippen LogP contribution in [0, 0.1) is 11.3 Å². The summed E-state index contributed by atoms with van der Waals surface area (Å²) in [6.07, 6.45) is 3.06. The Hall–Kier alpha value is -2.55. The van der Waals surface area contributed by atoms with Crippen molar-refractivity contribution in [1.82, 2.24) is 5.32 Å². The van der Waals surface area contributed by atoms with Crippen LogP contribution in [0.2, 0.25) is 0 Å². The normalized spacial score (nSPS) is 17.6. The van der Waals surface area contributed by atoms with Crippen molar-refractivity contribution in [3.63, 3.8) is 0 Å². The molecule has 0 unspecified atom stereocenters. The molecule has 0 spiro atoms. The molecule has 1 saturated carbocycles. The van der Waals surface area contributed by atoms with Gasteiger partial charge in [-0.3, -0.25) is 4.79 Å². The maximum atomic E-state index is 12.2. The van der Waals surface area contributed by atoms with E-state index in [2.05, 4.69) is 11.4 Å². The molecule has 1 amide bonds. The van der Waals surface area contributed by atoms with Crippen molar-refractivity contribution in [2.45, 2.75) is 50.7 Å². The highest BCUT2D eigenvalue weighted by atomic mass is 16.5. The number of esters is 1. The zero-order chi connectivity index (χ0) is 16.9. The molecule has 0 saturated heterocycles. The maximum absolute atomic E-state index is 12.2. The van der Waals surface area contributed by atoms with Crippen molar-refractivity contribution in [2.75, 3.05) is 0 Å². The molecular weight excluding hydrogens is 296 g/mol. The lowest BCUT2D eigenvalue weighted by molar-refractivity contribution is -0.130. The van der Waals surface area contributed by atoms with E-state index in [0.717, 1.165) is 19.3 Å². The molecule has 0 aromatic heterocycles. The summed E-state index contributed by atoms with van der Waals surface area (Å²) in [6.45, 7) is 1.46. The zero-order valence-corrected chi connectivity index (χ0v) is 13.0. The van der Waals surface area contributed by atoms with Crippen LogP contribution in [0.25, 0.3) is 0 Å². The van der Waals surface area contributed by atoms with E-state index in [0.29, 0.717) is 12.8 Å². The number of hydrogen-bond acceptors (Lipinski definition) is 5. The number of ether oxygens (including phenoxy) is 1. The van der Waals surface area contributed by atoms with Gasteiger partial charge in [0.15, 0.2) is 6.10 Å². The van der Waals surface area contributed by atoms with Gasteiger partial charge >= 0.3 is 5.97 Å². The fraction of sp³-hybridized carbons (Fsp3) is 0.471. The molecule has 0 aliphatic heterocycles. The monoisotopic (exact) mass is 316 g/mol. The van der Waals surface area contributed by atoms with Crippen molar-refractivity contribution < 1.29 is 19.4 Å². The Morgan fingerprint density at radius 2 is 2.04 bits per heavy atom. The first kappa shape index (κ1) is 16.8. The van der Waals surface area contributed by atoms with Gasteiger partial charge in [0.1, 0.15) is 11.3 Å². The van der Waals surface area contributed by atoms with E-state index in [9.17, 15) is 20.0 Å². The number of carbonyl (C=O) groups excluding carboxylic acids is 2. The highest BCUT2D eigenvalue weighted by Crippen LogP contribution is 2.27. The second-order valence-electron chi connectivity index (χ2n) is 5.84. The number of phenols is 1. The van der Waals surface area contributed by atoms with Gasteiger partial charge in [0, 0.05) is 0 Å². The molecule has 2 rings (SSSR count). The molecule has 1 aliphatic rings. The summed E-state index contributed by atoms with van der Waals surface area (Å²) in [4.78, 5) is 24.2. The number of benzene rings is 1. The van der Waals surface area contributed by atoms with Crippen molar-refractivity contribution in [1.29, 1.82) is 5.26 Å². The number of nitrogens with zero attached hydrogens (tertiary/aromatic N) is 1. The van der Waals surface area contributed by atoms with Gasteiger partial charge in [-0.05, 0) is 38.0 Å². The molecule has 6 heteroatoms. The molecule has 23 heavy (non-hydrogen) atoms. The molecule has 2 N–H and O–H groups in total. The molecule has 1 aromatic rings. The second kappa shape index (κ2) is 7.14. The molecule has 1 aliphatic carbocycles. The standard InChI is InChI=1S/C17H20N2O4/c1-12(23-16(22)13-6-5-7-14(20)10-13)15(21)19-17(11-18)8-3-2-4-9-17/h5-7,10,12,20H,2-4,8-9H2,1H3,(H,19,21)/t12-/m1/s1. The summed E-state index contributed by atoms with van der Waals surface area (Å²) < 4.78 is 5.11. The van der Waals surface area contributed by atoms with Crippen molar-refractivity contribution in [3.8, 4) is 11.8 Å². The molecule has 1 aromatic carbocycles. The van der Waals surface area contributed by atoms with Crippen LogP contribution >= 0.6 is 0 Å². The topological polar surface area (TPSA) is 99.4 Å². The lowest BCUT2D eigenvalue weighted by Gasteiger charge is -2.32. The van der Waals surface area contributed by atoms with Crippen LogP contribution in [-0.4, -0.2) is 28.6 Å². The van der Waals surface area contributed by atoms with Gasteiger partial charge in [-0.15, -0.1) is 0 Å². The minimum absolute atomic E-state index is 0.0535. The third-order valence-electron chi connectivity index (χ3n) is 4.02. The average molecular weight is 316 g/mol. The van der Waals surface area contributed by atoms with Crippen LogP contribution < -0.4 is 5.32 Å². The van der Waals surface area contributed by atoms with Gasteiger partial charge in [-0.2, -0.15) is 5.26 Å². The Kier molecular flexibility index (Phi) is 5.22. The Balaban J connectivity index is 1.97. The summed E-state index contributed by atoms with van der Waals surface area (Å²) in [5, 5.41) is 21.5. The predicted molar refractivity (Wildman–Crippen MR) is 82.6 cm³/mol. The van der Waals surface area contributed by atoms with Gasteiger partial charge < -0.3 is 15.2 Å². The van der Waals surface area contributed by atoms with E-state index in [1.165, 1.54) is 31.2 Å². The van der Waals surface area contributed by atoms with Crippen LogP contribution in [0.4, 0.5) is 0 Å². The average Bonchev–Trinajstić information content (AvgIpc) is 2.55. The number of phenolic OH excluding ortho intramolecular Hbond substituents is 1. The first-order valence-electron chi connectivity index (χ1n) is 7.69. The highest BCUT2D eigenvalue weighted by Gasteiger charge is 2.35. The van der Waals surface area contributed by atoms with Crippen molar-refractivity contribution in [3.05, 3.63) is 29.8 Å². The first-order chi connectivity index (χ1) is 11.0. The lowest BCUT2D eigenvalue weighted by atomic mass is 9.83. The molecule has 1 atom stereocenters. The first-order valence-corrected chi connectivity index (χ1v) is 7.69. The predicted octanol–water partition coefficient (Wildman–Crippen LogP) is 2.28. The Morgan fingerprint density at radius 3 is 2.65 bits per heavy atom. The number of nitriles is 1. The van der Waals surface area contributed by atoms with Crippen molar-refractivity contribution in [2.24, 2.45) is 0 Å². The van der Waals surface area contributed by atoms with Crippen LogP contribution in [0.3, 0.4) is 0 Å². The van der Waals surface area contributed by atoms with E-state index in [1.807, 2.05) is 0 Å². The van der Waals surface area contributed by atoms with Crippen molar-refractivity contribution >= 4 is 11.9 Å². The number of aromatic hydroxyl groups is 1. The van der Waals surface area contributed by atoms with Gasteiger partial charge in [0.25, 0.3) is 5.91 Å². The zero-order valence-electron chi connectivity index (χ0n) is 13.0. The molecular formula is C17H20N2O4. The summed E-state index contributed by atoms with van der Waals surface area (Å²) >= 11 is 0. The Labute approximate surface area is 135 Å². The van der Waals surface area contributed by atoms with E-state index in [-0.39, 0.29) is 11.3 Å². The third-order valence-corrected chi connectivity index (χ3v) is 4.02. The van der Waals surface area contributed by atoms with E-state index in [4.69, 9.17) is 4.74 Å². The number of amides is 1. The quantitative estimate of drug-likeness (QED) is 0.830. The van der Waals surface area contributed by atoms with E-state index < -0.39 is 23.5 Å². The van der Waals surface area contributed by atoms with Gasteiger partial charge in [0.05, 0.1) is 11.6 Å². The van der Waals surface area contributed by atoms with Crippen LogP contribution in [-0.2, 0) is 9.53 Å². The molecule has 6 nitrogen and oxygen atoms in total. The van der Waals surface area contributed by atoms with Gasteiger partial charge in [-0.25, -0.2) is 4.79 Å². The molecule has 1 fully saturated rings. The minimum atomic E-state index is -1.02. The SMILES string of the molecule is C[C@@H](OC(=O)c1cccc(O)c1)C(=O)NC1(C#N)CCCCC1. The summed E-state index contributed by atoms with van der Waals surface area (Å²) in [6, 6.07) is 7.90. The number of rotatable bonds is 4. The molecule has 0 radical (unpaired) electrons. The van der Waals surface area contributed by atoms with Gasteiger partial charge in [0.2, 0.25) is 0 Å². The van der Waals surface area contributed by atoms with E-state index in [1.54, 1.807) is 0 Å². The smallest absolute Gasteiger partial charge is 0.339 e. The Bertz CT molecular complexity index is 630. The number of nitrogens with one attached hydrogen (secondary N) is 1. The fourth-order valence-electron chi connectivity index (χ4n) is 2.67. The minimum Gasteiger partial charge on any atom is -0.508 e. The van der Waals surface area contributed by atoms with Gasteiger partial charge in [-0.1, -0.05) is 25.3 Å². The fourth-order valence-corrected chi connectivity index (χ4v) is 2.67. The lowest BCUT2D eigenvalue weighted by Crippen LogP contribution is -2.52. The molecule has 122 valence electrons. The summed E-state index contributed by atoms with van der Waals surface area (Å²) in [7, 11) is 0. The van der Waals surface area contributed by atoms with E-state index >= 15 is 0 Å². The number of hydrogen-bond donors (Lipinski definition) is 2. The molecule has 0 heterocycles. The number of carbonyl (C=O) groups is 2. The van der Waals surface area contributed by atoms with Crippen LogP contribution in [0.1, 0.15) is 49.4 Å². The highest BCUT2D eigenvalue weighted by molar-refractivity contribution is 5.92. The second-order valence-corrected chi connectivity index (χ2v) is 5.84. The third kappa shape index (κ3) is 4.22. The largest absolute Gasteiger partial charge is 0.508 e. The summed E-state index contributed by atoms with van der Waals surface area (Å²) in [5.41, 5.74) is -0.696. The van der Waals surface area contributed by atoms with Crippen LogP contribution in [0.15, 0.2) is 24.3 Å². The van der Waals surface area contributed by atoms with Crippen LogP contribution in [0.5, 0.6) is 5.75 Å². The molecule has 0 bridgehead atoms. The maximum Gasteiger partial charge on any atom is 0.339 e. The summed E-state index contributed by atoms with van der Waals surface area (Å²) in [5.74, 6) is -1.23. The Morgan fingerprint density at radius 1 is 1.35 bits per heavy atom.